The number of amides is 1. The monoisotopic (exact) mass is 259 g/mol. The average Bonchev–Trinajstić information content (AvgIpc) is 2.32. The van der Waals surface area contributed by atoms with Gasteiger partial charge in [-0.1, -0.05) is 0 Å². The Morgan fingerprint density at radius 1 is 1.47 bits per heavy atom. The van der Waals surface area contributed by atoms with Gasteiger partial charge in [-0.25, -0.2) is 4.98 Å². The molecule has 19 heavy (non-hydrogen) atoms. The molecule has 1 fully saturated rings. The van der Waals surface area contributed by atoms with E-state index in [1.165, 1.54) is 6.07 Å². The first-order valence-electron chi connectivity index (χ1n) is 5.92. The molecular weight excluding hydrogens is 246 g/mol. The van der Waals surface area contributed by atoms with Crippen molar-refractivity contribution in [2.45, 2.75) is 25.8 Å². The standard InChI is InChI=1S/C13H13N3O3/c1-7-8(6-14)2-3-11(15-7)12(17)16-10-4-9(5-10)13(18)19/h2-3,9-10H,4-5H2,1H3,(H,16,17)(H,18,19). The molecule has 6 nitrogen and oxygen atoms in total. The molecule has 1 aromatic heterocycles. The number of rotatable bonds is 3. The maximum atomic E-state index is 11.9. The van der Waals surface area contributed by atoms with Crippen LogP contribution in [0.25, 0.3) is 0 Å². The molecule has 1 aromatic rings. The average molecular weight is 259 g/mol. The molecule has 0 radical (unpaired) electrons. The highest BCUT2D eigenvalue weighted by atomic mass is 16.4. The van der Waals surface area contributed by atoms with Crippen LogP contribution in [0.15, 0.2) is 12.1 Å². The van der Waals surface area contributed by atoms with E-state index in [1.54, 1.807) is 13.0 Å². The van der Waals surface area contributed by atoms with Crippen molar-refractivity contribution in [1.82, 2.24) is 10.3 Å². The number of carboxylic acids is 1. The lowest BCUT2D eigenvalue weighted by Gasteiger charge is -2.32. The third-order valence-corrected chi connectivity index (χ3v) is 3.26. The predicted molar refractivity (Wildman–Crippen MR) is 65.3 cm³/mol. The van der Waals surface area contributed by atoms with Crippen molar-refractivity contribution >= 4 is 11.9 Å². The summed E-state index contributed by atoms with van der Waals surface area (Å²) in [7, 11) is 0. The Morgan fingerprint density at radius 3 is 2.68 bits per heavy atom. The van der Waals surface area contributed by atoms with Gasteiger partial charge >= 0.3 is 5.97 Å². The molecule has 98 valence electrons. The van der Waals surface area contributed by atoms with Crippen LogP contribution >= 0.6 is 0 Å². The van der Waals surface area contributed by atoms with E-state index in [9.17, 15) is 9.59 Å². The Morgan fingerprint density at radius 2 is 2.16 bits per heavy atom. The molecule has 2 N–H and O–H groups in total. The number of aliphatic carboxylic acids is 1. The van der Waals surface area contributed by atoms with Crippen molar-refractivity contribution in [3.8, 4) is 6.07 Å². The third kappa shape index (κ3) is 2.71. The summed E-state index contributed by atoms with van der Waals surface area (Å²) in [5.41, 5.74) is 1.19. The number of aromatic nitrogens is 1. The molecule has 1 amide bonds. The highest BCUT2D eigenvalue weighted by molar-refractivity contribution is 5.92. The number of nitriles is 1. The van der Waals surface area contributed by atoms with Crippen molar-refractivity contribution in [3.05, 3.63) is 29.1 Å². The molecular formula is C13H13N3O3. The molecule has 0 unspecified atom stereocenters. The van der Waals surface area contributed by atoms with E-state index in [2.05, 4.69) is 10.3 Å². The zero-order valence-corrected chi connectivity index (χ0v) is 10.4. The van der Waals surface area contributed by atoms with Crippen molar-refractivity contribution < 1.29 is 14.7 Å². The summed E-state index contributed by atoms with van der Waals surface area (Å²) >= 11 is 0. The number of carboxylic acid groups (broad SMARTS) is 1. The molecule has 0 spiro atoms. The summed E-state index contributed by atoms with van der Waals surface area (Å²) in [6.07, 6.45) is 0.909. The van der Waals surface area contributed by atoms with Gasteiger partial charge in [-0.2, -0.15) is 5.26 Å². The van der Waals surface area contributed by atoms with Gasteiger partial charge in [0.1, 0.15) is 11.8 Å². The second-order valence-electron chi connectivity index (χ2n) is 4.62. The molecule has 6 heteroatoms. The lowest BCUT2D eigenvalue weighted by molar-refractivity contribution is -0.145. The largest absolute Gasteiger partial charge is 0.481 e. The lowest BCUT2D eigenvalue weighted by Crippen LogP contribution is -2.46. The normalized spacial score (nSPS) is 21.1. The van der Waals surface area contributed by atoms with Gasteiger partial charge in [0.15, 0.2) is 0 Å². The number of pyridine rings is 1. The van der Waals surface area contributed by atoms with Crippen LogP contribution in [0.5, 0.6) is 0 Å². The number of nitrogens with one attached hydrogen (secondary N) is 1. The Bertz CT molecular complexity index is 571. The van der Waals surface area contributed by atoms with Crippen LogP contribution < -0.4 is 5.32 Å². The Hall–Kier alpha value is -2.42. The zero-order chi connectivity index (χ0) is 14.0. The van der Waals surface area contributed by atoms with Crippen LogP contribution in [0, 0.1) is 24.2 Å². The SMILES string of the molecule is Cc1nc(C(=O)NC2CC(C(=O)O)C2)ccc1C#N. The molecule has 0 aliphatic heterocycles. The van der Waals surface area contributed by atoms with Gasteiger partial charge in [-0.15, -0.1) is 0 Å². The minimum absolute atomic E-state index is 0.105. The first kappa shape index (κ1) is 13.0. The van der Waals surface area contributed by atoms with Gasteiger partial charge in [0.2, 0.25) is 0 Å². The molecule has 1 aliphatic carbocycles. The second kappa shape index (κ2) is 5.06. The molecule has 1 heterocycles. The number of carbonyl (C=O) groups is 2. The Balaban J connectivity index is 1.96. The van der Waals surface area contributed by atoms with Crippen LogP contribution in [0.1, 0.15) is 34.6 Å². The van der Waals surface area contributed by atoms with E-state index >= 15 is 0 Å². The Kier molecular flexibility index (Phi) is 3.47. The summed E-state index contributed by atoms with van der Waals surface area (Å²) in [6.45, 7) is 1.67. The fourth-order valence-electron chi connectivity index (χ4n) is 2.00. The van der Waals surface area contributed by atoms with Crippen LogP contribution in [-0.4, -0.2) is 28.0 Å². The maximum Gasteiger partial charge on any atom is 0.306 e. The van der Waals surface area contributed by atoms with E-state index in [-0.39, 0.29) is 23.6 Å². The minimum Gasteiger partial charge on any atom is -0.481 e. The van der Waals surface area contributed by atoms with Crippen molar-refractivity contribution in [2.75, 3.05) is 0 Å². The summed E-state index contributed by atoms with van der Waals surface area (Å²) in [4.78, 5) is 26.6. The van der Waals surface area contributed by atoms with Crippen LogP contribution in [0.3, 0.4) is 0 Å². The van der Waals surface area contributed by atoms with Gasteiger partial charge < -0.3 is 10.4 Å². The number of hydrogen-bond donors (Lipinski definition) is 2. The quantitative estimate of drug-likeness (QED) is 0.837. The van der Waals surface area contributed by atoms with Gasteiger partial charge in [-0.05, 0) is 31.9 Å². The van der Waals surface area contributed by atoms with Crippen molar-refractivity contribution in [1.29, 1.82) is 5.26 Å². The molecule has 1 saturated carbocycles. The number of carbonyl (C=O) groups excluding carboxylic acids is 1. The molecule has 0 aromatic carbocycles. The number of hydrogen-bond acceptors (Lipinski definition) is 4. The van der Waals surface area contributed by atoms with E-state index in [4.69, 9.17) is 10.4 Å². The van der Waals surface area contributed by atoms with Gasteiger partial charge in [-0.3, -0.25) is 9.59 Å². The van der Waals surface area contributed by atoms with E-state index in [0.29, 0.717) is 24.1 Å². The first-order valence-corrected chi connectivity index (χ1v) is 5.92. The molecule has 2 rings (SSSR count). The number of nitrogens with zero attached hydrogens (tertiary/aromatic N) is 2. The smallest absolute Gasteiger partial charge is 0.306 e. The maximum absolute atomic E-state index is 11.9. The minimum atomic E-state index is -0.821. The van der Waals surface area contributed by atoms with E-state index in [1.807, 2.05) is 6.07 Å². The molecule has 1 aliphatic rings. The first-order chi connectivity index (χ1) is 9.01. The fraction of sp³-hybridized carbons (Fsp3) is 0.385. The second-order valence-corrected chi connectivity index (χ2v) is 4.62. The van der Waals surface area contributed by atoms with Crippen LogP contribution in [0.2, 0.25) is 0 Å². The van der Waals surface area contributed by atoms with Crippen molar-refractivity contribution in [3.63, 3.8) is 0 Å². The van der Waals surface area contributed by atoms with E-state index in [0.717, 1.165) is 0 Å². The summed E-state index contributed by atoms with van der Waals surface area (Å²) in [5, 5.41) is 20.3. The summed E-state index contributed by atoms with van der Waals surface area (Å²) in [6, 6.07) is 4.93. The third-order valence-electron chi connectivity index (χ3n) is 3.26. The highest BCUT2D eigenvalue weighted by Crippen LogP contribution is 2.27. The topological polar surface area (TPSA) is 103 Å². The summed E-state index contributed by atoms with van der Waals surface area (Å²) in [5.74, 6) is -1.51. The molecule has 0 bridgehead atoms. The fourth-order valence-corrected chi connectivity index (χ4v) is 2.00. The van der Waals surface area contributed by atoms with Crippen LogP contribution in [-0.2, 0) is 4.79 Å². The van der Waals surface area contributed by atoms with E-state index < -0.39 is 5.97 Å². The van der Waals surface area contributed by atoms with Crippen molar-refractivity contribution in [2.24, 2.45) is 5.92 Å². The predicted octanol–water partition coefficient (Wildman–Crippen LogP) is 0.855. The lowest BCUT2D eigenvalue weighted by atomic mass is 9.80. The molecule has 0 saturated heterocycles. The van der Waals surface area contributed by atoms with Gasteiger partial charge in [0, 0.05) is 6.04 Å². The highest BCUT2D eigenvalue weighted by Gasteiger charge is 2.35. The zero-order valence-electron chi connectivity index (χ0n) is 10.4. The van der Waals surface area contributed by atoms with Gasteiger partial charge in [0.25, 0.3) is 5.91 Å². The number of aryl methyl sites for hydroxylation is 1. The molecule has 0 atom stereocenters. The summed E-state index contributed by atoms with van der Waals surface area (Å²) < 4.78 is 0. The Labute approximate surface area is 110 Å². The van der Waals surface area contributed by atoms with Crippen LogP contribution in [0.4, 0.5) is 0 Å². The van der Waals surface area contributed by atoms with Gasteiger partial charge in [0.05, 0.1) is 17.2 Å².